The third-order valence-corrected chi connectivity index (χ3v) is 6.36. The van der Waals surface area contributed by atoms with E-state index in [1.54, 1.807) is 0 Å². The quantitative estimate of drug-likeness (QED) is 0.368. The second-order valence-electron chi connectivity index (χ2n) is 8.89. The molecule has 1 unspecified atom stereocenters. The highest BCUT2D eigenvalue weighted by molar-refractivity contribution is 5.96. The van der Waals surface area contributed by atoms with Crippen LogP contribution in [-0.4, -0.2) is 28.6 Å². The SMILES string of the molecule is CC(C)c1ccccc1OCCn1c(C2CC(=O)N(c3ccccc3)C2)nc2ccccc21. The van der Waals surface area contributed by atoms with Gasteiger partial charge in [-0.2, -0.15) is 0 Å². The normalized spacial score (nSPS) is 16.2. The summed E-state index contributed by atoms with van der Waals surface area (Å²) in [6.45, 7) is 6.22. The van der Waals surface area contributed by atoms with E-state index in [9.17, 15) is 4.79 Å². The van der Waals surface area contributed by atoms with Gasteiger partial charge >= 0.3 is 0 Å². The lowest BCUT2D eigenvalue weighted by molar-refractivity contribution is -0.117. The van der Waals surface area contributed by atoms with Crippen LogP contribution >= 0.6 is 0 Å². The van der Waals surface area contributed by atoms with E-state index in [1.165, 1.54) is 5.56 Å². The summed E-state index contributed by atoms with van der Waals surface area (Å²) in [5.74, 6) is 2.49. The van der Waals surface area contributed by atoms with E-state index in [-0.39, 0.29) is 11.8 Å². The van der Waals surface area contributed by atoms with Crippen LogP contribution in [0, 0.1) is 0 Å². The van der Waals surface area contributed by atoms with E-state index in [4.69, 9.17) is 9.72 Å². The lowest BCUT2D eigenvalue weighted by Crippen LogP contribution is -2.24. The van der Waals surface area contributed by atoms with Crippen LogP contribution in [0.3, 0.4) is 0 Å². The summed E-state index contributed by atoms with van der Waals surface area (Å²) in [7, 11) is 0. The summed E-state index contributed by atoms with van der Waals surface area (Å²) < 4.78 is 8.46. The number of amides is 1. The van der Waals surface area contributed by atoms with Crippen molar-refractivity contribution in [2.45, 2.75) is 38.6 Å². The Hall–Kier alpha value is -3.60. The van der Waals surface area contributed by atoms with Crippen molar-refractivity contribution in [2.24, 2.45) is 0 Å². The summed E-state index contributed by atoms with van der Waals surface area (Å²) in [5, 5.41) is 0. The fraction of sp³-hybridized carbons (Fsp3) is 0.286. The Morgan fingerprint density at radius 2 is 1.70 bits per heavy atom. The Morgan fingerprint density at radius 3 is 2.52 bits per heavy atom. The largest absolute Gasteiger partial charge is 0.491 e. The van der Waals surface area contributed by atoms with Crippen molar-refractivity contribution in [1.29, 1.82) is 0 Å². The topological polar surface area (TPSA) is 47.4 Å². The van der Waals surface area contributed by atoms with Crippen molar-refractivity contribution in [3.63, 3.8) is 0 Å². The van der Waals surface area contributed by atoms with Crippen LogP contribution in [0.4, 0.5) is 5.69 Å². The Balaban J connectivity index is 1.40. The monoisotopic (exact) mass is 439 g/mol. The maximum Gasteiger partial charge on any atom is 0.227 e. The van der Waals surface area contributed by atoms with Gasteiger partial charge in [0.25, 0.3) is 0 Å². The molecule has 0 N–H and O–H groups in total. The molecule has 0 radical (unpaired) electrons. The molecule has 5 rings (SSSR count). The molecule has 33 heavy (non-hydrogen) atoms. The number of rotatable bonds is 7. The van der Waals surface area contributed by atoms with Gasteiger partial charge in [-0.1, -0.05) is 62.4 Å². The van der Waals surface area contributed by atoms with E-state index in [0.717, 1.165) is 28.3 Å². The molecule has 1 amide bonds. The van der Waals surface area contributed by atoms with Crippen LogP contribution in [0.1, 0.15) is 43.5 Å². The summed E-state index contributed by atoms with van der Waals surface area (Å²) in [6.07, 6.45) is 0.468. The Morgan fingerprint density at radius 1 is 0.970 bits per heavy atom. The first kappa shape index (κ1) is 21.3. The Labute approximate surface area is 194 Å². The Kier molecular flexibility index (Phi) is 5.86. The minimum atomic E-state index is 0.0491. The zero-order chi connectivity index (χ0) is 22.8. The number of fused-ring (bicyclic) bond motifs is 1. The molecule has 0 aliphatic carbocycles. The number of hydrogen-bond acceptors (Lipinski definition) is 3. The summed E-state index contributed by atoms with van der Waals surface area (Å²) in [4.78, 5) is 19.7. The van der Waals surface area contributed by atoms with Gasteiger partial charge < -0.3 is 14.2 Å². The van der Waals surface area contributed by atoms with Crippen molar-refractivity contribution >= 4 is 22.6 Å². The molecule has 0 saturated carbocycles. The van der Waals surface area contributed by atoms with Crippen molar-refractivity contribution in [3.8, 4) is 5.75 Å². The first-order valence-electron chi connectivity index (χ1n) is 11.6. The molecule has 4 aromatic rings. The number of nitrogens with zero attached hydrogens (tertiary/aromatic N) is 3. The molecule has 1 fully saturated rings. The fourth-order valence-corrected chi connectivity index (χ4v) is 4.71. The van der Waals surface area contributed by atoms with E-state index in [2.05, 4.69) is 36.6 Å². The van der Waals surface area contributed by atoms with E-state index < -0.39 is 0 Å². The number of benzene rings is 3. The van der Waals surface area contributed by atoms with Gasteiger partial charge in [0.2, 0.25) is 5.91 Å². The van der Waals surface area contributed by atoms with Gasteiger partial charge in [0.05, 0.1) is 17.6 Å². The van der Waals surface area contributed by atoms with E-state index >= 15 is 0 Å². The Bertz CT molecular complexity index is 1260. The van der Waals surface area contributed by atoms with Crippen molar-refractivity contribution in [3.05, 3.63) is 90.3 Å². The minimum absolute atomic E-state index is 0.0491. The molecule has 2 heterocycles. The fourth-order valence-electron chi connectivity index (χ4n) is 4.71. The molecular weight excluding hydrogens is 410 g/mol. The van der Waals surface area contributed by atoms with E-state index in [1.807, 2.05) is 65.6 Å². The molecule has 1 aromatic heterocycles. The molecule has 1 aliphatic heterocycles. The highest BCUT2D eigenvalue weighted by Crippen LogP contribution is 2.33. The molecule has 1 saturated heterocycles. The number of imidazole rings is 1. The molecular formula is C28H29N3O2. The average molecular weight is 440 g/mol. The first-order chi connectivity index (χ1) is 16.1. The van der Waals surface area contributed by atoms with Crippen LogP contribution in [0.2, 0.25) is 0 Å². The molecule has 168 valence electrons. The first-order valence-corrected chi connectivity index (χ1v) is 11.6. The van der Waals surface area contributed by atoms with E-state index in [0.29, 0.717) is 32.0 Å². The lowest BCUT2D eigenvalue weighted by Gasteiger charge is -2.18. The van der Waals surface area contributed by atoms with Gasteiger partial charge in [0, 0.05) is 24.6 Å². The standard InChI is InChI=1S/C28H29N3O2/c1-20(2)23-12-6-9-15-26(23)33-17-16-30-25-14-8-7-13-24(25)29-28(30)21-18-27(32)31(19-21)22-10-4-3-5-11-22/h3-15,20-21H,16-19H2,1-2H3. The number of anilines is 1. The number of hydrogen-bond donors (Lipinski definition) is 0. The molecule has 1 atom stereocenters. The van der Waals surface area contributed by atoms with Gasteiger partial charge in [-0.25, -0.2) is 4.98 Å². The van der Waals surface area contributed by atoms with Gasteiger partial charge in [-0.15, -0.1) is 0 Å². The van der Waals surface area contributed by atoms with Gasteiger partial charge in [0.15, 0.2) is 0 Å². The molecule has 3 aromatic carbocycles. The summed E-state index contributed by atoms with van der Waals surface area (Å²) >= 11 is 0. The maximum atomic E-state index is 12.8. The third kappa shape index (κ3) is 4.23. The molecule has 0 bridgehead atoms. The van der Waals surface area contributed by atoms with Gasteiger partial charge in [0.1, 0.15) is 18.2 Å². The number of aromatic nitrogens is 2. The summed E-state index contributed by atoms with van der Waals surface area (Å²) in [6, 6.07) is 26.3. The molecule has 5 heteroatoms. The van der Waals surface area contributed by atoms with Crippen LogP contribution in [0.25, 0.3) is 11.0 Å². The second kappa shape index (κ2) is 9.10. The highest BCUT2D eigenvalue weighted by atomic mass is 16.5. The summed E-state index contributed by atoms with van der Waals surface area (Å²) in [5.41, 5.74) is 4.20. The van der Waals surface area contributed by atoms with Crippen LogP contribution in [0.5, 0.6) is 5.75 Å². The number of para-hydroxylation sites is 4. The van der Waals surface area contributed by atoms with Gasteiger partial charge in [-0.05, 0) is 41.8 Å². The predicted molar refractivity (Wildman–Crippen MR) is 132 cm³/mol. The average Bonchev–Trinajstić information content (AvgIpc) is 3.40. The van der Waals surface area contributed by atoms with Crippen molar-refractivity contribution < 1.29 is 9.53 Å². The molecule has 5 nitrogen and oxygen atoms in total. The van der Waals surface area contributed by atoms with Gasteiger partial charge in [-0.3, -0.25) is 4.79 Å². The predicted octanol–water partition coefficient (Wildman–Crippen LogP) is 5.76. The number of carbonyl (C=O) groups is 1. The van der Waals surface area contributed by atoms with Crippen LogP contribution < -0.4 is 9.64 Å². The highest BCUT2D eigenvalue weighted by Gasteiger charge is 2.34. The second-order valence-corrected chi connectivity index (χ2v) is 8.89. The molecule has 1 aliphatic rings. The smallest absolute Gasteiger partial charge is 0.227 e. The van der Waals surface area contributed by atoms with Crippen molar-refractivity contribution in [1.82, 2.24) is 9.55 Å². The number of carbonyl (C=O) groups excluding carboxylic acids is 1. The molecule has 0 spiro atoms. The third-order valence-electron chi connectivity index (χ3n) is 6.36. The van der Waals surface area contributed by atoms with Crippen molar-refractivity contribution in [2.75, 3.05) is 18.1 Å². The zero-order valence-electron chi connectivity index (χ0n) is 19.1. The van der Waals surface area contributed by atoms with Crippen LogP contribution in [0.15, 0.2) is 78.9 Å². The zero-order valence-corrected chi connectivity index (χ0v) is 19.1. The lowest BCUT2D eigenvalue weighted by atomic mass is 10.0. The number of ether oxygens (including phenoxy) is 1. The minimum Gasteiger partial charge on any atom is -0.491 e. The van der Waals surface area contributed by atoms with Crippen LogP contribution in [-0.2, 0) is 11.3 Å². The maximum absolute atomic E-state index is 12.8.